The third-order valence-corrected chi connectivity index (χ3v) is 15.1. The lowest BCUT2D eigenvalue weighted by Gasteiger charge is -2.37. The summed E-state index contributed by atoms with van der Waals surface area (Å²) in [6.07, 6.45) is 10.5. The number of aromatic nitrogens is 3. The maximum atomic E-state index is 12.5. The Kier molecular flexibility index (Phi) is 39.4. The second-order valence-corrected chi connectivity index (χ2v) is 23.1. The molecule has 36 nitrogen and oxygen atoms in total. The first-order valence-electron chi connectivity index (χ1n) is 32.2. The van der Waals surface area contributed by atoms with Gasteiger partial charge in [-0.15, -0.1) is 0 Å². The number of rotatable bonds is 48. The van der Waals surface area contributed by atoms with Crippen LogP contribution in [0.2, 0.25) is 0 Å². The summed E-state index contributed by atoms with van der Waals surface area (Å²) in [5.41, 5.74) is 1.35. The van der Waals surface area contributed by atoms with E-state index < -0.39 is 104 Å². The Labute approximate surface area is 555 Å². The molecule has 536 valence electrons. The van der Waals surface area contributed by atoms with Gasteiger partial charge in [-0.05, 0) is 88.3 Å². The van der Waals surface area contributed by atoms with Gasteiger partial charge in [-0.3, -0.25) is 58.0 Å². The summed E-state index contributed by atoms with van der Waals surface area (Å²) in [7, 11) is 0. The Bertz CT molecular complexity index is 2700. The van der Waals surface area contributed by atoms with Gasteiger partial charge in [0.05, 0.1) is 26.2 Å². The van der Waals surface area contributed by atoms with Crippen molar-refractivity contribution in [1.29, 1.82) is 0 Å². The van der Waals surface area contributed by atoms with E-state index in [9.17, 15) is 88.2 Å². The summed E-state index contributed by atoms with van der Waals surface area (Å²) in [4.78, 5) is 161. The van der Waals surface area contributed by atoms with E-state index in [0.29, 0.717) is 83.2 Å². The zero-order valence-corrected chi connectivity index (χ0v) is 54.1. The van der Waals surface area contributed by atoms with Gasteiger partial charge in [-0.1, -0.05) is 50.7 Å². The summed E-state index contributed by atoms with van der Waals surface area (Å²) in [5, 5.41) is 99.4. The highest BCUT2D eigenvalue weighted by Gasteiger charge is 2.28. The maximum Gasteiger partial charge on any atom is 0.326 e. The molecule has 96 heavy (non-hydrogen) atoms. The number of nitrogens with zero attached hydrogens (tertiary/aromatic N) is 7. The number of anilines is 4. The predicted octanol–water partition coefficient (Wildman–Crippen LogP) is 0.838. The van der Waals surface area contributed by atoms with Gasteiger partial charge in [0, 0.05) is 96.6 Å². The molecule has 0 spiro atoms. The average molecular weight is 1360 g/mol. The molecule has 17 N–H and O–H groups in total. The molecule has 0 saturated carbocycles. The molecule has 1 saturated heterocycles. The summed E-state index contributed by atoms with van der Waals surface area (Å²) in [6, 6.07) is 2.38. The van der Waals surface area contributed by atoms with Gasteiger partial charge in [-0.2, -0.15) is 15.0 Å². The van der Waals surface area contributed by atoms with Crippen LogP contribution < -0.4 is 47.9 Å². The standard InChI is InChI=1S/C60H96N16O20/c77-46(61-23-13-9-15-44(54(91)92)68-59(95)65-34-48(79)80)17-7-3-1-5-11-25-63-56-70-57(64-26-12-6-2-4-8-18-47(78)62-24-14-10-16-45(55(93)94)69-60(96)66-35-49(81)82)72-58(71-56)67-42-21-19-41(20-22-42)33-43-36-75(39-52(87)88)30-29-73(37-50(83)84)27-28-74(38-51(85)86)31-32-76(43)40-53(89)90/h19-22,43-45H,1-18,23-40H2,(H,61,77)(H,62,78)(H,79,80)(H,81,82)(H,83,84)(H,85,86)(H,87,88)(H,89,90)(H,91,92)(H,93,94)(H2,65,68,95)(H2,66,69,96)(H3,63,64,67,70,71,72)/t43?,44-,45-/m0/s1. The van der Waals surface area contributed by atoms with Crippen molar-refractivity contribution in [1.82, 2.24) is 66.5 Å². The quantitative estimate of drug-likeness (QED) is 0.0408. The Morgan fingerprint density at radius 3 is 1.23 bits per heavy atom. The van der Waals surface area contributed by atoms with E-state index in [1.807, 2.05) is 22.8 Å². The number of hydrogen-bond acceptors (Lipinski definition) is 22. The van der Waals surface area contributed by atoms with Crippen LogP contribution in [0.15, 0.2) is 24.3 Å². The van der Waals surface area contributed by atoms with Crippen LogP contribution in [0.3, 0.4) is 0 Å². The minimum absolute atomic E-state index is 0.0857. The molecule has 1 unspecified atom stereocenters. The van der Waals surface area contributed by atoms with Gasteiger partial charge < -0.3 is 88.7 Å². The fourth-order valence-corrected chi connectivity index (χ4v) is 10.2. The number of hydrogen-bond donors (Lipinski definition) is 17. The second kappa shape index (κ2) is 46.7. The van der Waals surface area contributed by atoms with Gasteiger partial charge >= 0.3 is 59.8 Å². The Balaban J connectivity index is 1.62. The molecule has 1 fully saturated rings. The normalized spacial score (nSPS) is 14.8. The van der Waals surface area contributed by atoms with Gasteiger partial charge in [0.1, 0.15) is 25.2 Å². The van der Waals surface area contributed by atoms with E-state index in [1.165, 1.54) is 0 Å². The van der Waals surface area contributed by atoms with Gasteiger partial charge in [-0.25, -0.2) is 19.2 Å². The highest BCUT2D eigenvalue weighted by molar-refractivity contribution is 5.85. The third kappa shape index (κ3) is 38.8. The molecule has 2 heterocycles. The highest BCUT2D eigenvalue weighted by atomic mass is 16.4. The van der Waals surface area contributed by atoms with E-state index in [1.54, 1.807) is 31.7 Å². The Morgan fingerprint density at radius 2 is 0.802 bits per heavy atom. The number of carboxylic acid groups (broad SMARTS) is 8. The monoisotopic (exact) mass is 1360 g/mol. The molecule has 1 aliphatic rings. The number of urea groups is 2. The smallest absolute Gasteiger partial charge is 0.326 e. The van der Waals surface area contributed by atoms with Crippen LogP contribution in [0.25, 0.3) is 0 Å². The molecule has 2 aromatic rings. The number of benzene rings is 1. The molecule has 36 heteroatoms. The van der Waals surface area contributed by atoms with Crippen molar-refractivity contribution in [3.63, 3.8) is 0 Å². The summed E-state index contributed by atoms with van der Waals surface area (Å²) in [6.45, 7) is -0.172. The highest BCUT2D eigenvalue weighted by Crippen LogP contribution is 2.20. The Morgan fingerprint density at radius 1 is 0.417 bits per heavy atom. The van der Waals surface area contributed by atoms with E-state index >= 15 is 0 Å². The summed E-state index contributed by atoms with van der Waals surface area (Å²) < 4.78 is 0. The minimum Gasteiger partial charge on any atom is -0.480 e. The van der Waals surface area contributed by atoms with E-state index in [0.717, 1.165) is 56.9 Å². The van der Waals surface area contributed by atoms with Crippen LogP contribution in [0.4, 0.5) is 33.1 Å². The van der Waals surface area contributed by atoms with Gasteiger partial charge in [0.2, 0.25) is 29.7 Å². The fraction of sp³-hybridized carbons (Fsp3) is 0.650. The van der Waals surface area contributed by atoms with Crippen LogP contribution in [0.1, 0.15) is 121 Å². The van der Waals surface area contributed by atoms with Gasteiger partial charge in [0.15, 0.2) is 0 Å². The molecule has 1 aromatic heterocycles. The zero-order chi connectivity index (χ0) is 70.6. The molecule has 3 rings (SSSR count). The fourth-order valence-electron chi connectivity index (χ4n) is 10.2. The minimum atomic E-state index is -1.28. The number of nitrogens with one attached hydrogen (secondary N) is 9. The van der Waals surface area contributed by atoms with Crippen LogP contribution >= 0.6 is 0 Å². The molecule has 0 radical (unpaired) electrons. The van der Waals surface area contributed by atoms with Crippen molar-refractivity contribution in [2.45, 2.75) is 140 Å². The van der Waals surface area contributed by atoms with Crippen molar-refractivity contribution < 1.29 is 98.4 Å². The number of unbranched alkanes of at least 4 members (excludes halogenated alkanes) is 10. The van der Waals surface area contributed by atoms with E-state index in [4.69, 9.17) is 10.2 Å². The van der Waals surface area contributed by atoms with Crippen LogP contribution in [-0.2, 0) is 54.4 Å². The number of carboxylic acids is 8. The topological polar surface area (TPSA) is 527 Å². The van der Waals surface area contributed by atoms with Gasteiger partial charge in [0.25, 0.3) is 0 Å². The summed E-state index contributed by atoms with van der Waals surface area (Å²) in [5.74, 6) is -9.05. The average Bonchev–Trinajstić information content (AvgIpc) is 0.881. The Hall–Kier alpha value is -9.29. The van der Waals surface area contributed by atoms with E-state index in [-0.39, 0.29) is 108 Å². The number of amides is 6. The largest absolute Gasteiger partial charge is 0.480 e. The van der Waals surface area contributed by atoms with Crippen molar-refractivity contribution >= 4 is 95.2 Å². The van der Waals surface area contributed by atoms with Crippen LogP contribution in [0.5, 0.6) is 0 Å². The van der Waals surface area contributed by atoms with Crippen molar-refractivity contribution in [3.8, 4) is 0 Å². The summed E-state index contributed by atoms with van der Waals surface area (Å²) >= 11 is 0. The second-order valence-electron chi connectivity index (χ2n) is 23.1. The van der Waals surface area contributed by atoms with Crippen LogP contribution in [-0.4, -0.2) is 276 Å². The molecule has 1 aliphatic heterocycles. The molecule has 6 amide bonds. The lowest BCUT2D eigenvalue weighted by Crippen LogP contribution is -2.53. The maximum absolute atomic E-state index is 12.5. The first-order chi connectivity index (χ1) is 45.8. The lowest BCUT2D eigenvalue weighted by atomic mass is 10.0. The zero-order valence-electron chi connectivity index (χ0n) is 54.1. The molecule has 3 atom stereocenters. The van der Waals surface area contributed by atoms with Crippen molar-refractivity contribution in [3.05, 3.63) is 29.8 Å². The number of carbonyl (C=O) groups is 12. The van der Waals surface area contributed by atoms with Crippen molar-refractivity contribution in [2.75, 3.05) is 127 Å². The lowest BCUT2D eigenvalue weighted by molar-refractivity contribution is -0.142. The molecule has 0 aliphatic carbocycles. The third-order valence-electron chi connectivity index (χ3n) is 15.1. The molecular formula is C60H96N16O20. The van der Waals surface area contributed by atoms with Crippen LogP contribution in [0, 0.1) is 0 Å². The molecular weight excluding hydrogens is 1260 g/mol. The molecule has 0 bridgehead atoms. The first kappa shape index (κ1) is 80.9. The van der Waals surface area contributed by atoms with Crippen molar-refractivity contribution in [2.24, 2.45) is 0 Å². The predicted molar refractivity (Wildman–Crippen MR) is 346 cm³/mol. The SMILES string of the molecule is O=C(O)CNC(=O)N[C@@H](CCCCNC(=O)CCCCCCCNc1nc(NCCCCCCCC(=O)NCCCC[C@H](NC(=O)NCC(=O)O)C(=O)O)nc(Nc2ccc(CC3CN(CC(=O)O)CCN(CC(=O)O)CCN(CC(=O)O)CCN3CC(=O)O)cc2)n1)C(=O)O. The first-order valence-corrected chi connectivity index (χ1v) is 32.2. The number of carbonyl (C=O) groups excluding carboxylic acids is 4. The van der Waals surface area contributed by atoms with E-state index in [2.05, 4.69) is 52.2 Å². The number of aliphatic carboxylic acids is 8. The molecule has 1 aromatic carbocycles.